The molecule has 0 bridgehead atoms. The molecule has 12 heavy (non-hydrogen) atoms. The van der Waals surface area contributed by atoms with Crippen LogP contribution in [0.5, 0.6) is 0 Å². The Bertz CT molecular complexity index is 149. The SMILES string of the molecule is CC.CC1CC2(CC=CCC2)C1. The summed E-state index contributed by atoms with van der Waals surface area (Å²) in [5.74, 6) is 1.02. The molecule has 0 aromatic rings. The molecule has 0 nitrogen and oxygen atoms in total. The summed E-state index contributed by atoms with van der Waals surface area (Å²) in [6.45, 7) is 6.38. The van der Waals surface area contributed by atoms with Gasteiger partial charge in [-0.15, -0.1) is 0 Å². The molecule has 0 amide bonds. The van der Waals surface area contributed by atoms with Crippen LogP contribution < -0.4 is 0 Å². The Labute approximate surface area is 77.1 Å². The minimum absolute atomic E-state index is 0.786. The Hall–Kier alpha value is -0.260. The number of hydrogen-bond acceptors (Lipinski definition) is 0. The maximum Gasteiger partial charge on any atom is -0.0255 e. The van der Waals surface area contributed by atoms with E-state index in [0.29, 0.717) is 0 Å². The molecular formula is C12H22. The second kappa shape index (κ2) is 4.11. The van der Waals surface area contributed by atoms with Crippen molar-refractivity contribution in [2.45, 2.75) is 52.9 Å². The molecule has 0 heterocycles. The van der Waals surface area contributed by atoms with Gasteiger partial charge < -0.3 is 0 Å². The minimum atomic E-state index is 0.786. The number of allylic oxidation sites excluding steroid dienone is 2. The maximum absolute atomic E-state index is 2.38. The lowest BCUT2D eigenvalue weighted by molar-refractivity contribution is 0.0557. The van der Waals surface area contributed by atoms with Gasteiger partial charge in [-0.1, -0.05) is 32.9 Å². The van der Waals surface area contributed by atoms with Crippen LogP contribution in [0.4, 0.5) is 0 Å². The average Bonchev–Trinajstić information content (AvgIpc) is 2.08. The van der Waals surface area contributed by atoms with Gasteiger partial charge in [0, 0.05) is 0 Å². The summed E-state index contributed by atoms with van der Waals surface area (Å²) in [6.07, 6.45) is 11.9. The van der Waals surface area contributed by atoms with Crippen LogP contribution in [0.1, 0.15) is 52.9 Å². The summed E-state index contributed by atoms with van der Waals surface area (Å²) in [5.41, 5.74) is 0.786. The zero-order valence-electron chi connectivity index (χ0n) is 8.77. The lowest BCUT2D eigenvalue weighted by atomic mass is 9.58. The predicted octanol–water partition coefficient (Wildman–Crippen LogP) is 4.17. The van der Waals surface area contributed by atoms with Crippen molar-refractivity contribution < 1.29 is 0 Å². The van der Waals surface area contributed by atoms with Gasteiger partial charge in [0.2, 0.25) is 0 Å². The van der Waals surface area contributed by atoms with E-state index in [4.69, 9.17) is 0 Å². The topological polar surface area (TPSA) is 0 Å². The molecule has 0 radical (unpaired) electrons. The fraction of sp³-hybridized carbons (Fsp3) is 0.833. The maximum atomic E-state index is 2.38. The van der Waals surface area contributed by atoms with Gasteiger partial charge in [-0.25, -0.2) is 0 Å². The molecule has 2 aliphatic rings. The van der Waals surface area contributed by atoms with Gasteiger partial charge >= 0.3 is 0 Å². The molecule has 70 valence electrons. The fourth-order valence-electron chi connectivity index (χ4n) is 2.73. The second-order valence-electron chi connectivity index (χ2n) is 4.23. The molecule has 0 unspecified atom stereocenters. The molecule has 1 saturated carbocycles. The van der Waals surface area contributed by atoms with Gasteiger partial charge in [0.25, 0.3) is 0 Å². The van der Waals surface area contributed by atoms with Gasteiger partial charge in [-0.3, -0.25) is 0 Å². The van der Waals surface area contributed by atoms with E-state index in [1.807, 2.05) is 13.8 Å². The van der Waals surface area contributed by atoms with Crippen LogP contribution in [0, 0.1) is 11.3 Å². The summed E-state index contributed by atoms with van der Waals surface area (Å²) in [7, 11) is 0. The van der Waals surface area contributed by atoms with Crippen LogP contribution >= 0.6 is 0 Å². The van der Waals surface area contributed by atoms with Crippen molar-refractivity contribution in [1.82, 2.24) is 0 Å². The van der Waals surface area contributed by atoms with E-state index in [1.54, 1.807) is 0 Å². The fourth-order valence-corrected chi connectivity index (χ4v) is 2.73. The first kappa shape index (κ1) is 9.83. The molecule has 2 aliphatic carbocycles. The molecule has 0 aromatic carbocycles. The normalized spacial score (nSPS) is 38.4. The van der Waals surface area contributed by atoms with E-state index in [-0.39, 0.29) is 0 Å². The lowest BCUT2D eigenvalue weighted by Gasteiger charge is -2.47. The second-order valence-corrected chi connectivity index (χ2v) is 4.23. The lowest BCUT2D eigenvalue weighted by Crippen LogP contribution is -2.36. The molecule has 0 N–H and O–H groups in total. The first-order chi connectivity index (χ1) is 5.81. The van der Waals surface area contributed by atoms with Crippen molar-refractivity contribution in [1.29, 1.82) is 0 Å². The summed E-state index contributed by atoms with van der Waals surface area (Å²) >= 11 is 0. The molecule has 2 rings (SSSR count). The Morgan fingerprint density at radius 2 is 1.83 bits per heavy atom. The van der Waals surface area contributed by atoms with Crippen molar-refractivity contribution >= 4 is 0 Å². The highest BCUT2D eigenvalue weighted by molar-refractivity contribution is 5.03. The molecule has 0 aliphatic heterocycles. The Morgan fingerprint density at radius 3 is 2.25 bits per heavy atom. The van der Waals surface area contributed by atoms with Crippen molar-refractivity contribution in [3.63, 3.8) is 0 Å². The largest absolute Gasteiger partial charge is 0.0885 e. The van der Waals surface area contributed by atoms with E-state index in [2.05, 4.69) is 19.1 Å². The highest BCUT2D eigenvalue weighted by Gasteiger charge is 2.40. The molecular weight excluding hydrogens is 144 g/mol. The zero-order chi connectivity index (χ0) is 9.03. The smallest absolute Gasteiger partial charge is 0.0255 e. The van der Waals surface area contributed by atoms with Gasteiger partial charge in [-0.2, -0.15) is 0 Å². The first-order valence-corrected chi connectivity index (χ1v) is 5.46. The predicted molar refractivity (Wildman–Crippen MR) is 55.2 cm³/mol. The van der Waals surface area contributed by atoms with Crippen molar-refractivity contribution in [2.75, 3.05) is 0 Å². The van der Waals surface area contributed by atoms with Gasteiger partial charge in [0.1, 0.15) is 0 Å². The third kappa shape index (κ3) is 1.91. The minimum Gasteiger partial charge on any atom is -0.0885 e. The highest BCUT2D eigenvalue weighted by Crippen LogP contribution is 2.52. The third-order valence-corrected chi connectivity index (χ3v) is 3.12. The molecule has 1 spiro atoms. The summed E-state index contributed by atoms with van der Waals surface area (Å²) in [6, 6.07) is 0. The van der Waals surface area contributed by atoms with Crippen molar-refractivity contribution in [3.05, 3.63) is 12.2 Å². The van der Waals surface area contributed by atoms with Crippen LogP contribution in [-0.2, 0) is 0 Å². The van der Waals surface area contributed by atoms with Crippen LogP contribution in [-0.4, -0.2) is 0 Å². The van der Waals surface area contributed by atoms with Crippen molar-refractivity contribution in [3.8, 4) is 0 Å². The van der Waals surface area contributed by atoms with Crippen LogP contribution in [0.2, 0.25) is 0 Å². The molecule has 0 aromatic heterocycles. The summed E-state index contributed by atoms with van der Waals surface area (Å²) in [5, 5.41) is 0. The van der Waals surface area contributed by atoms with Crippen LogP contribution in [0.15, 0.2) is 12.2 Å². The Balaban J connectivity index is 0.000000336. The summed E-state index contributed by atoms with van der Waals surface area (Å²) in [4.78, 5) is 0. The van der Waals surface area contributed by atoms with Gasteiger partial charge in [0.05, 0.1) is 0 Å². The van der Waals surface area contributed by atoms with E-state index in [9.17, 15) is 0 Å². The van der Waals surface area contributed by atoms with E-state index >= 15 is 0 Å². The van der Waals surface area contributed by atoms with Crippen molar-refractivity contribution in [2.24, 2.45) is 11.3 Å². The van der Waals surface area contributed by atoms with E-state index in [0.717, 1.165) is 11.3 Å². The van der Waals surface area contributed by atoms with E-state index < -0.39 is 0 Å². The highest BCUT2D eigenvalue weighted by atomic mass is 14.5. The third-order valence-electron chi connectivity index (χ3n) is 3.12. The van der Waals surface area contributed by atoms with Gasteiger partial charge in [0.15, 0.2) is 0 Å². The number of rotatable bonds is 0. The number of hydrogen-bond donors (Lipinski definition) is 0. The monoisotopic (exact) mass is 166 g/mol. The quantitative estimate of drug-likeness (QED) is 0.474. The summed E-state index contributed by atoms with van der Waals surface area (Å²) < 4.78 is 0. The van der Waals surface area contributed by atoms with Crippen LogP contribution in [0.3, 0.4) is 0 Å². The average molecular weight is 166 g/mol. The first-order valence-electron chi connectivity index (χ1n) is 5.46. The van der Waals surface area contributed by atoms with Gasteiger partial charge in [-0.05, 0) is 43.4 Å². The zero-order valence-corrected chi connectivity index (χ0v) is 8.77. The molecule has 0 atom stereocenters. The van der Waals surface area contributed by atoms with E-state index in [1.165, 1.54) is 32.1 Å². The molecule has 1 fully saturated rings. The molecule has 0 saturated heterocycles. The Morgan fingerprint density at radius 1 is 1.17 bits per heavy atom. The van der Waals surface area contributed by atoms with Crippen LogP contribution in [0.25, 0.3) is 0 Å². The Kier molecular flexibility index (Phi) is 3.37. The standard InChI is InChI=1S/C10H16.C2H6/c1-9-7-10(8-9)5-3-2-4-6-10;1-2/h2-3,9H,4-8H2,1H3;1-2H3. The molecule has 0 heteroatoms.